The maximum absolute atomic E-state index is 6.11. The predicted molar refractivity (Wildman–Crippen MR) is 207 cm³/mol. The van der Waals surface area contributed by atoms with Crippen molar-refractivity contribution in [2.75, 3.05) is 0 Å². The smallest absolute Gasteiger partial charge is 0.164 e. The van der Waals surface area contributed by atoms with E-state index >= 15 is 0 Å². The Balaban J connectivity index is 1.26. The van der Waals surface area contributed by atoms with Crippen molar-refractivity contribution in [3.8, 4) is 56.4 Å². The van der Waals surface area contributed by atoms with Crippen LogP contribution < -0.4 is 0 Å². The second kappa shape index (κ2) is 11.9. The summed E-state index contributed by atoms with van der Waals surface area (Å²) in [6.45, 7) is 0. The van der Waals surface area contributed by atoms with Crippen molar-refractivity contribution in [3.05, 3.63) is 170 Å². The molecule has 5 heteroatoms. The zero-order valence-electron chi connectivity index (χ0n) is 27.4. The lowest BCUT2D eigenvalue weighted by molar-refractivity contribution is 0.668. The van der Waals surface area contributed by atoms with Crippen LogP contribution in [-0.2, 0) is 0 Å². The fraction of sp³-hybridized carbons (Fsp3) is 0. The van der Waals surface area contributed by atoms with Crippen molar-refractivity contribution in [3.63, 3.8) is 0 Å². The van der Waals surface area contributed by atoms with Crippen LogP contribution in [0.4, 0.5) is 0 Å². The molecule has 3 aromatic heterocycles. The Kier molecular flexibility index (Phi) is 6.74. The first-order chi connectivity index (χ1) is 25.3. The molecule has 0 fully saturated rings. The summed E-state index contributed by atoms with van der Waals surface area (Å²) >= 11 is 0. The molecule has 0 N–H and O–H groups in total. The van der Waals surface area contributed by atoms with Crippen LogP contribution in [0.2, 0.25) is 0 Å². The molecule has 0 aliphatic heterocycles. The minimum atomic E-state index is 0.605. The van der Waals surface area contributed by atoms with Gasteiger partial charge in [0.15, 0.2) is 23.1 Å². The highest BCUT2D eigenvalue weighted by Gasteiger charge is 2.19. The van der Waals surface area contributed by atoms with Gasteiger partial charge >= 0.3 is 0 Å². The van der Waals surface area contributed by atoms with E-state index in [4.69, 9.17) is 19.4 Å². The van der Waals surface area contributed by atoms with Gasteiger partial charge in [0.1, 0.15) is 11.1 Å². The lowest BCUT2D eigenvalue weighted by Crippen LogP contribution is -2.01. The summed E-state index contributed by atoms with van der Waals surface area (Å²) in [5, 5.41) is 5.75. The molecule has 0 aliphatic carbocycles. The van der Waals surface area contributed by atoms with Gasteiger partial charge in [-0.05, 0) is 80.2 Å². The Bertz CT molecular complexity index is 2860. The molecule has 10 aromatic rings. The quantitative estimate of drug-likeness (QED) is 0.173. The lowest BCUT2D eigenvalue weighted by Gasteiger charge is -2.17. The number of rotatable bonds is 5. The summed E-state index contributed by atoms with van der Waals surface area (Å²) in [5.41, 5.74) is 9.46. The molecule has 10 rings (SSSR count). The van der Waals surface area contributed by atoms with Crippen LogP contribution in [0.15, 0.2) is 174 Å². The lowest BCUT2D eigenvalue weighted by atomic mass is 9.89. The molecule has 0 atom stereocenters. The van der Waals surface area contributed by atoms with Gasteiger partial charge in [0.2, 0.25) is 0 Å². The summed E-state index contributed by atoms with van der Waals surface area (Å²) in [4.78, 5) is 20.0. The fourth-order valence-electron chi connectivity index (χ4n) is 7.13. The third kappa shape index (κ3) is 5.03. The predicted octanol–water partition coefficient (Wildman–Crippen LogP) is 11.8. The molecule has 0 saturated carbocycles. The number of aromatic nitrogens is 4. The van der Waals surface area contributed by atoms with Gasteiger partial charge in [-0.3, -0.25) is 4.98 Å². The van der Waals surface area contributed by atoms with Gasteiger partial charge < -0.3 is 4.42 Å². The largest absolute Gasteiger partial charge is 0.454 e. The molecular weight excluding hydrogens is 625 g/mol. The molecule has 7 aromatic carbocycles. The van der Waals surface area contributed by atoms with Gasteiger partial charge in [-0.15, -0.1) is 0 Å². The number of pyridine rings is 1. The van der Waals surface area contributed by atoms with Crippen LogP contribution in [-0.4, -0.2) is 19.9 Å². The maximum Gasteiger partial charge on any atom is 0.164 e. The van der Waals surface area contributed by atoms with Crippen molar-refractivity contribution < 1.29 is 4.42 Å². The number of nitrogens with zero attached hydrogens (tertiary/aromatic N) is 4. The van der Waals surface area contributed by atoms with Crippen LogP contribution >= 0.6 is 0 Å². The SMILES string of the molecule is c1ccc(-c2nc(-c3ccccc3)nc(-c3cc(-c4ccc5oc6cccnc6c5c4)ccc3-c3cc4ccccc4c4ccccc34)n2)cc1. The minimum Gasteiger partial charge on any atom is -0.454 e. The number of fused-ring (bicyclic) bond motifs is 6. The van der Waals surface area contributed by atoms with Crippen LogP contribution in [0, 0.1) is 0 Å². The van der Waals surface area contributed by atoms with Gasteiger partial charge in [0, 0.05) is 28.3 Å². The number of furan rings is 1. The first-order valence-electron chi connectivity index (χ1n) is 17.0. The summed E-state index contributed by atoms with van der Waals surface area (Å²) in [7, 11) is 0. The summed E-state index contributed by atoms with van der Waals surface area (Å²) in [6, 6.07) is 56.5. The first-order valence-corrected chi connectivity index (χ1v) is 17.0. The van der Waals surface area contributed by atoms with Crippen LogP contribution in [0.5, 0.6) is 0 Å². The molecule has 0 radical (unpaired) electrons. The highest BCUT2D eigenvalue weighted by atomic mass is 16.3. The first kappa shape index (κ1) is 29.0. The van der Waals surface area contributed by atoms with Gasteiger partial charge in [-0.1, -0.05) is 127 Å². The average Bonchev–Trinajstić information content (AvgIpc) is 3.59. The molecule has 238 valence electrons. The Morgan fingerprint density at radius 3 is 1.75 bits per heavy atom. The Labute approximate surface area is 293 Å². The molecule has 0 amide bonds. The zero-order valence-corrected chi connectivity index (χ0v) is 27.4. The molecule has 5 nitrogen and oxygen atoms in total. The van der Waals surface area contributed by atoms with Crippen molar-refractivity contribution in [1.29, 1.82) is 0 Å². The highest BCUT2D eigenvalue weighted by Crippen LogP contribution is 2.42. The molecule has 0 spiro atoms. The van der Waals surface area contributed by atoms with Crippen molar-refractivity contribution in [1.82, 2.24) is 19.9 Å². The number of benzene rings is 7. The van der Waals surface area contributed by atoms with Crippen LogP contribution in [0.1, 0.15) is 0 Å². The highest BCUT2D eigenvalue weighted by molar-refractivity contribution is 6.15. The van der Waals surface area contributed by atoms with Gasteiger partial charge in [0.05, 0.1) is 0 Å². The molecule has 0 unspecified atom stereocenters. The van der Waals surface area contributed by atoms with Crippen molar-refractivity contribution >= 4 is 43.6 Å². The van der Waals surface area contributed by atoms with Gasteiger partial charge in [-0.25, -0.2) is 15.0 Å². The third-order valence-corrected chi connectivity index (χ3v) is 9.58. The second-order valence-electron chi connectivity index (χ2n) is 12.7. The average molecular weight is 653 g/mol. The van der Waals surface area contributed by atoms with E-state index < -0.39 is 0 Å². The van der Waals surface area contributed by atoms with Gasteiger partial charge in [0.25, 0.3) is 0 Å². The molecule has 3 heterocycles. The normalized spacial score (nSPS) is 11.5. The molecule has 51 heavy (non-hydrogen) atoms. The zero-order chi connectivity index (χ0) is 33.7. The summed E-state index contributed by atoms with van der Waals surface area (Å²) in [6.07, 6.45) is 1.81. The van der Waals surface area contributed by atoms with E-state index in [9.17, 15) is 0 Å². The van der Waals surface area contributed by atoms with E-state index in [0.29, 0.717) is 17.5 Å². The standard InChI is InChI=1S/C46H28N4O/c1-3-12-29(13-4-1)44-48-45(30-14-5-2-6-15-30)50-46(49-44)39-26-31(32-22-24-41-40(27-32)43-42(51-41)20-11-25-47-43)21-23-37(39)38-28-33-16-7-8-17-34(33)35-18-9-10-19-36(35)38/h1-28H. The number of hydrogen-bond acceptors (Lipinski definition) is 5. The third-order valence-electron chi connectivity index (χ3n) is 9.58. The van der Waals surface area contributed by atoms with Crippen molar-refractivity contribution in [2.24, 2.45) is 0 Å². The Morgan fingerprint density at radius 2 is 0.980 bits per heavy atom. The van der Waals surface area contributed by atoms with Crippen molar-refractivity contribution in [2.45, 2.75) is 0 Å². The fourth-order valence-corrected chi connectivity index (χ4v) is 7.13. The summed E-state index contributed by atoms with van der Waals surface area (Å²) < 4.78 is 6.11. The van der Waals surface area contributed by atoms with E-state index in [0.717, 1.165) is 61.0 Å². The van der Waals surface area contributed by atoms with Crippen LogP contribution in [0.25, 0.3) is 100 Å². The molecular formula is C46H28N4O. The van der Waals surface area contributed by atoms with E-state index in [1.165, 1.54) is 21.5 Å². The summed E-state index contributed by atoms with van der Waals surface area (Å²) in [5.74, 6) is 1.85. The molecule has 0 saturated heterocycles. The topological polar surface area (TPSA) is 64.7 Å². The van der Waals surface area contributed by atoms with E-state index in [1.807, 2.05) is 78.9 Å². The maximum atomic E-state index is 6.11. The molecule has 0 bridgehead atoms. The van der Waals surface area contributed by atoms with Gasteiger partial charge in [-0.2, -0.15) is 0 Å². The second-order valence-corrected chi connectivity index (χ2v) is 12.7. The van der Waals surface area contributed by atoms with E-state index in [2.05, 4.69) is 89.9 Å². The Morgan fingerprint density at radius 1 is 0.353 bits per heavy atom. The number of hydrogen-bond donors (Lipinski definition) is 0. The monoisotopic (exact) mass is 652 g/mol. The van der Waals surface area contributed by atoms with Crippen LogP contribution in [0.3, 0.4) is 0 Å². The molecule has 0 aliphatic rings. The van der Waals surface area contributed by atoms with E-state index in [-0.39, 0.29) is 0 Å². The van der Waals surface area contributed by atoms with E-state index in [1.54, 1.807) is 6.20 Å². The Hall–Kier alpha value is -6.98. The minimum absolute atomic E-state index is 0.605.